The average molecular weight is 184 g/mol. The predicted octanol–water partition coefficient (Wildman–Crippen LogP) is 0.550. The Hall–Kier alpha value is -1.13. The van der Waals surface area contributed by atoms with Crippen molar-refractivity contribution in [1.29, 1.82) is 0 Å². The van der Waals surface area contributed by atoms with Gasteiger partial charge in [-0.25, -0.2) is 4.39 Å². The molecule has 0 heterocycles. The molecular weight excluding hydrogens is 171 g/mol. The number of hydrogen-bond acceptors (Lipinski definition) is 3. The zero-order chi connectivity index (χ0) is 9.84. The summed E-state index contributed by atoms with van der Waals surface area (Å²) in [5.74, 6) is 5.17. The van der Waals surface area contributed by atoms with Gasteiger partial charge in [0.25, 0.3) is 0 Å². The lowest BCUT2D eigenvalue weighted by atomic mass is 10.1. The summed E-state index contributed by atoms with van der Waals surface area (Å²) in [6, 6.07) is 0. The fourth-order valence-corrected chi connectivity index (χ4v) is 1.25. The van der Waals surface area contributed by atoms with Crippen LogP contribution in [0.25, 0.3) is 0 Å². The zero-order valence-electron chi connectivity index (χ0n) is 7.42. The summed E-state index contributed by atoms with van der Waals surface area (Å²) in [6.07, 6.45) is 3.45. The molecule has 0 bridgehead atoms. The van der Waals surface area contributed by atoms with Crippen molar-refractivity contribution in [2.24, 2.45) is 5.84 Å². The summed E-state index contributed by atoms with van der Waals surface area (Å²) in [5, 5.41) is 9.02. The van der Waals surface area contributed by atoms with Gasteiger partial charge in [-0.05, 0) is 18.6 Å². The number of rotatable bonds is 2. The first-order valence-electron chi connectivity index (χ1n) is 4.00. The Morgan fingerprint density at radius 3 is 2.92 bits per heavy atom. The van der Waals surface area contributed by atoms with Crippen molar-refractivity contribution in [1.82, 2.24) is 5.43 Å². The number of aliphatic hydroxyl groups is 1. The lowest BCUT2D eigenvalue weighted by molar-refractivity contribution is 0.326. The third kappa shape index (κ3) is 1.96. The van der Waals surface area contributed by atoms with Gasteiger partial charge in [-0.1, -0.05) is 12.2 Å². The highest BCUT2D eigenvalue weighted by Gasteiger charge is 2.16. The van der Waals surface area contributed by atoms with Crippen LogP contribution in [0.5, 0.6) is 0 Å². The van der Waals surface area contributed by atoms with E-state index >= 15 is 0 Å². The van der Waals surface area contributed by atoms with Gasteiger partial charge >= 0.3 is 0 Å². The second kappa shape index (κ2) is 4.20. The minimum Gasteiger partial charge on any atom is -0.392 e. The molecule has 0 aromatic rings. The van der Waals surface area contributed by atoms with E-state index in [0.717, 1.165) is 5.57 Å². The Kier molecular flexibility index (Phi) is 3.22. The van der Waals surface area contributed by atoms with Crippen molar-refractivity contribution >= 4 is 0 Å². The Morgan fingerprint density at radius 1 is 1.69 bits per heavy atom. The molecule has 0 radical (unpaired) electrons. The van der Waals surface area contributed by atoms with Crippen LogP contribution in [0.15, 0.2) is 35.1 Å². The lowest BCUT2D eigenvalue weighted by Crippen LogP contribution is -2.29. The van der Waals surface area contributed by atoms with E-state index in [0.29, 0.717) is 5.57 Å². The molecule has 0 fully saturated rings. The smallest absolute Gasteiger partial charge is 0.160 e. The van der Waals surface area contributed by atoms with Gasteiger partial charge in [0.2, 0.25) is 0 Å². The molecule has 13 heavy (non-hydrogen) atoms. The predicted molar refractivity (Wildman–Crippen MR) is 49.2 cm³/mol. The van der Waals surface area contributed by atoms with E-state index in [2.05, 4.69) is 5.43 Å². The van der Waals surface area contributed by atoms with Gasteiger partial charge in [-0.15, -0.1) is 0 Å². The molecule has 4 N–H and O–H groups in total. The summed E-state index contributed by atoms with van der Waals surface area (Å²) in [6.45, 7) is 1.58. The van der Waals surface area contributed by atoms with Gasteiger partial charge in [0.15, 0.2) is 6.17 Å². The molecule has 1 atom stereocenters. The van der Waals surface area contributed by atoms with Gasteiger partial charge in [0.05, 0.1) is 12.3 Å². The van der Waals surface area contributed by atoms with Crippen LogP contribution < -0.4 is 11.3 Å². The van der Waals surface area contributed by atoms with E-state index in [1.54, 1.807) is 19.1 Å². The van der Waals surface area contributed by atoms with E-state index in [1.807, 2.05) is 0 Å². The van der Waals surface area contributed by atoms with Crippen LogP contribution in [-0.4, -0.2) is 17.9 Å². The molecule has 3 nitrogen and oxygen atoms in total. The summed E-state index contributed by atoms with van der Waals surface area (Å²) >= 11 is 0. The third-order valence-corrected chi connectivity index (χ3v) is 2.02. The summed E-state index contributed by atoms with van der Waals surface area (Å²) in [7, 11) is 0. The van der Waals surface area contributed by atoms with Gasteiger partial charge in [-0.2, -0.15) is 0 Å². The molecule has 0 saturated heterocycles. The van der Waals surface area contributed by atoms with Crippen LogP contribution in [0.1, 0.15) is 6.92 Å². The quantitative estimate of drug-likeness (QED) is 0.434. The van der Waals surface area contributed by atoms with E-state index < -0.39 is 6.17 Å². The lowest BCUT2D eigenvalue weighted by Gasteiger charge is -2.13. The number of aliphatic hydroxyl groups excluding tert-OH is 1. The van der Waals surface area contributed by atoms with Gasteiger partial charge < -0.3 is 10.5 Å². The number of halogens is 1. The Bertz CT molecular complexity index is 281. The molecule has 1 aliphatic carbocycles. The van der Waals surface area contributed by atoms with Crippen LogP contribution in [0.2, 0.25) is 0 Å². The maximum atomic E-state index is 13.3. The number of nitrogens with two attached hydrogens (primary N) is 1. The van der Waals surface area contributed by atoms with Crippen molar-refractivity contribution in [3.05, 3.63) is 35.1 Å². The molecule has 0 aromatic heterocycles. The molecule has 4 heteroatoms. The maximum absolute atomic E-state index is 13.3. The number of hydrogen-bond donors (Lipinski definition) is 3. The number of hydrazine groups is 1. The van der Waals surface area contributed by atoms with Crippen LogP contribution in [0.4, 0.5) is 4.39 Å². The van der Waals surface area contributed by atoms with Gasteiger partial charge in [-0.3, -0.25) is 5.84 Å². The summed E-state index contributed by atoms with van der Waals surface area (Å²) < 4.78 is 13.3. The normalized spacial score (nSPS) is 22.8. The van der Waals surface area contributed by atoms with Crippen LogP contribution in [0, 0.1) is 0 Å². The highest BCUT2D eigenvalue weighted by atomic mass is 19.1. The van der Waals surface area contributed by atoms with E-state index in [1.165, 1.54) is 6.08 Å². The molecule has 0 saturated carbocycles. The first kappa shape index (κ1) is 9.95. The summed E-state index contributed by atoms with van der Waals surface area (Å²) in [5.41, 5.74) is 3.83. The minimum atomic E-state index is -1.28. The highest BCUT2D eigenvalue weighted by molar-refractivity contribution is 5.41. The largest absolute Gasteiger partial charge is 0.392 e. The molecule has 0 amide bonds. The van der Waals surface area contributed by atoms with Crippen molar-refractivity contribution in [2.75, 3.05) is 6.61 Å². The molecular formula is C9H13FN2O. The second-order valence-electron chi connectivity index (χ2n) is 2.83. The van der Waals surface area contributed by atoms with Crippen molar-refractivity contribution in [3.8, 4) is 0 Å². The van der Waals surface area contributed by atoms with Crippen LogP contribution in [0.3, 0.4) is 0 Å². The molecule has 0 aromatic carbocycles. The van der Waals surface area contributed by atoms with Crippen molar-refractivity contribution in [2.45, 2.75) is 13.1 Å². The fraction of sp³-hybridized carbons (Fsp3) is 0.333. The molecule has 0 spiro atoms. The Balaban J connectivity index is 3.13. The van der Waals surface area contributed by atoms with Crippen molar-refractivity contribution < 1.29 is 9.50 Å². The topological polar surface area (TPSA) is 58.3 Å². The molecule has 1 aliphatic rings. The summed E-state index contributed by atoms with van der Waals surface area (Å²) in [4.78, 5) is 0. The monoisotopic (exact) mass is 184 g/mol. The first-order valence-corrected chi connectivity index (χ1v) is 4.00. The molecule has 72 valence electrons. The van der Waals surface area contributed by atoms with Gasteiger partial charge in [0.1, 0.15) is 0 Å². The Morgan fingerprint density at radius 2 is 2.38 bits per heavy atom. The minimum absolute atomic E-state index is 0.218. The van der Waals surface area contributed by atoms with Crippen LogP contribution in [-0.2, 0) is 0 Å². The van der Waals surface area contributed by atoms with E-state index in [4.69, 9.17) is 10.9 Å². The first-order chi connectivity index (χ1) is 6.20. The Labute approximate surface area is 76.4 Å². The van der Waals surface area contributed by atoms with Crippen molar-refractivity contribution in [3.63, 3.8) is 0 Å². The highest BCUT2D eigenvalue weighted by Crippen LogP contribution is 2.20. The van der Waals surface area contributed by atoms with E-state index in [-0.39, 0.29) is 12.3 Å². The zero-order valence-corrected chi connectivity index (χ0v) is 7.42. The average Bonchev–Trinajstić information content (AvgIpc) is 2.25. The van der Waals surface area contributed by atoms with E-state index in [9.17, 15) is 4.39 Å². The molecule has 1 rings (SSSR count). The van der Waals surface area contributed by atoms with Crippen LogP contribution >= 0.6 is 0 Å². The SMILES string of the molecule is CC1=CC=CC(F)C(NN)=C1CO. The number of nitrogens with one attached hydrogen (secondary N) is 1. The van der Waals surface area contributed by atoms with Gasteiger partial charge in [0, 0.05) is 5.57 Å². The fourth-order valence-electron chi connectivity index (χ4n) is 1.25. The standard InChI is InChI=1S/C9H13FN2O/c1-6-3-2-4-8(10)9(12-11)7(6)5-13/h2-4,8,12-13H,5,11H2,1H3. The third-order valence-electron chi connectivity index (χ3n) is 2.02. The molecule has 1 unspecified atom stereocenters. The number of alkyl halides is 1. The second-order valence-corrected chi connectivity index (χ2v) is 2.83. The number of allylic oxidation sites excluding steroid dienone is 3. The maximum Gasteiger partial charge on any atom is 0.160 e. The molecule has 0 aliphatic heterocycles.